The molecule has 3 heterocycles. The van der Waals surface area contributed by atoms with Crippen molar-refractivity contribution in [3.8, 4) is 5.88 Å². The van der Waals surface area contributed by atoms with Gasteiger partial charge >= 0.3 is 11.9 Å². The Bertz CT molecular complexity index is 1570. The lowest BCUT2D eigenvalue weighted by molar-refractivity contribution is -0.137. The zero-order valence-corrected chi connectivity index (χ0v) is 17.2. The first-order valence-electron chi connectivity index (χ1n) is 10.1. The highest BCUT2D eigenvalue weighted by molar-refractivity contribution is 5.57. The fourth-order valence-electron chi connectivity index (χ4n) is 3.20. The van der Waals surface area contributed by atoms with Crippen LogP contribution >= 0.6 is 0 Å². The van der Waals surface area contributed by atoms with Crippen molar-refractivity contribution in [2.75, 3.05) is 5.32 Å². The van der Waals surface area contributed by atoms with Crippen molar-refractivity contribution in [1.82, 2.24) is 29.5 Å². The minimum absolute atomic E-state index is 0.00716. The third-order valence-electron chi connectivity index (χ3n) is 5.08. The van der Waals surface area contributed by atoms with Gasteiger partial charge in [0.1, 0.15) is 11.5 Å². The summed E-state index contributed by atoms with van der Waals surface area (Å²) in [6.45, 7) is -0.178. The molecule has 0 radical (unpaired) electrons. The van der Waals surface area contributed by atoms with E-state index in [0.717, 1.165) is 25.0 Å². The lowest BCUT2D eigenvalue weighted by atomic mass is 10.1. The van der Waals surface area contributed by atoms with Gasteiger partial charge < -0.3 is 15.4 Å². The molecular formula is C20H16F4N8O2. The van der Waals surface area contributed by atoms with Crippen LogP contribution in [0.25, 0.3) is 11.7 Å². The van der Waals surface area contributed by atoms with Crippen LogP contribution in [-0.2, 0) is 12.7 Å². The maximum absolute atomic E-state index is 14.2. The van der Waals surface area contributed by atoms with Gasteiger partial charge in [-0.05, 0) is 31.1 Å². The van der Waals surface area contributed by atoms with Crippen molar-refractivity contribution in [3.05, 3.63) is 68.4 Å². The fraction of sp³-hybridized carbons (Fsp3) is 0.250. The van der Waals surface area contributed by atoms with Crippen molar-refractivity contribution >= 4 is 17.7 Å². The van der Waals surface area contributed by atoms with Gasteiger partial charge in [-0.1, -0.05) is 6.07 Å². The number of aromatic amines is 2. The van der Waals surface area contributed by atoms with Crippen LogP contribution in [0, 0.1) is 5.82 Å². The number of aromatic nitrogens is 6. The van der Waals surface area contributed by atoms with E-state index >= 15 is 0 Å². The van der Waals surface area contributed by atoms with Gasteiger partial charge in [-0.15, -0.1) is 0 Å². The molecule has 4 aromatic rings. The van der Waals surface area contributed by atoms with Gasteiger partial charge in [0.15, 0.2) is 5.65 Å². The van der Waals surface area contributed by atoms with E-state index in [9.17, 15) is 27.5 Å². The normalized spacial score (nSPS) is 15.4. The van der Waals surface area contributed by atoms with Crippen LogP contribution in [0.15, 0.2) is 34.2 Å². The lowest BCUT2D eigenvalue weighted by Gasteiger charge is -2.10. The number of anilines is 1. The number of nitrogens with one attached hydrogen (secondary N) is 3. The van der Waals surface area contributed by atoms with E-state index in [2.05, 4.69) is 35.3 Å². The zero-order chi connectivity index (χ0) is 24.0. The van der Waals surface area contributed by atoms with Crippen molar-refractivity contribution in [1.29, 1.82) is 0 Å². The SMILES string of the molecule is O=c1[nH]c(O)c(C=c2cnn3c(=NC4CC4)nc(NCc4ccc(C(F)(F)F)cc4F)nc23)[nH]1. The number of aromatic hydroxyl groups is 1. The van der Waals surface area contributed by atoms with Crippen LogP contribution in [0.2, 0.25) is 0 Å². The molecule has 4 N–H and O–H groups in total. The summed E-state index contributed by atoms with van der Waals surface area (Å²) in [6, 6.07) is 2.36. The quantitative estimate of drug-likeness (QED) is 0.320. The molecule has 1 saturated carbocycles. The van der Waals surface area contributed by atoms with Gasteiger partial charge in [-0.3, -0.25) is 4.98 Å². The average molecular weight is 476 g/mol. The summed E-state index contributed by atoms with van der Waals surface area (Å²) in [5, 5.41) is 17.3. The van der Waals surface area contributed by atoms with E-state index < -0.39 is 23.2 Å². The van der Waals surface area contributed by atoms with Gasteiger partial charge in [0.25, 0.3) is 5.62 Å². The Morgan fingerprint density at radius 3 is 2.71 bits per heavy atom. The molecule has 176 valence electrons. The molecule has 1 aromatic carbocycles. The number of rotatable bonds is 5. The highest BCUT2D eigenvalue weighted by Crippen LogP contribution is 2.30. The number of halogens is 4. The zero-order valence-electron chi connectivity index (χ0n) is 17.2. The molecule has 3 aromatic heterocycles. The van der Waals surface area contributed by atoms with Crippen molar-refractivity contribution in [2.45, 2.75) is 31.6 Å². The van der Waals surface area contributed by atoms with Gasteiger partial charge in [0.05, 0.1) is 17.8 Å². The third kappa shape index (κ3) is 4.33. The molecule has 10 nitrogen and oxygen atoms in total. The molecule has 5 rings (SSSR count). The predicted octanol–water partition coefficient (Wildman–Crippen LogP) is 1.23. The van der Waals surface area contributed by atoms with Crippen LogP contribution in [0.5, 0.6) is 5.88 Å². The molecule has 0 amide bonds. The molecule has 1 aliphatic carbocycles. The van der Waals surface area contributed by atoms with Crippen LogP contribution < -0.4 is 21.8 Å². The van der Waals surface area contributed by atoms with Gasteiger partial charge in [-0.25, -0.2) is 14.2 Å². The van der Waals surface area contributed by atoms with Crippen LogP contribution in [0.4, 0.5) is 23.5 Å². The number of fused-ring (bicyclic) bond motifs is 1. The van der Waals surface area contributed by atoms with E-state index in [-0.39, 0.29) is 46.9 Å². The van der Waals surface area contributed by atoms with Crippen molar-refractivity contribution in [2.24, 2.45) is 4.99 Å². The Hall–Kier alpha value is -4.23. The van der Waals surface area contributed by atoms with Gasteiger partial charge in [0, 0.05) is 17.3 Å². The third-order valence-corrected chi connectivity index (χ3v) is 5.08. The summed E-state index contributed by atoms with van der Waals surface area (Å²) in [5.41, 5.74) is -1.06. The smallest absolute Gasteiger partial charge is 0.416 e. The second-order valence-electron chi connectivity index (χ2n) is 7.69. The number of hydrogen-bond donors (Lipinski definition) is 4. The lowest BCUT2D eigenvalue weighted by Crippen LogP contribution is -2.25. The molecule has 0 saturated heterocycles. The van der Waals surface area contributed by atoms with E-state index in [0.29, 0.717) is 11.3 Å². The second kappa shape index (κ2) is 7.97. The van der Waals surface area contributed by atoms with Crippen LogP contribution in [-0.4, -0.2) is 40.7 Å². The molecule has 0 bridgehead atoms. The molecule has 0 atom stereocenters. The Labute approximate surface area is 186 Å². The second-order valence-corrected chi connectivity index (χ2v) is 7.69. The summed E-state index contributed by atoms with van der Waals surface area (Å²) < 4.78 is 53.9. The molecule has 14 heteroatoms. The first-order valence-corrected chi connectivity index (χ1v) is 10.1. The van der Waals surface area contributed by atoms with Crippen LogP contribution in [0.1, 0.15) is 29.7 Å². The number of alkyl halides is 3. The number of imidazole rings is 1. The molecular weight excluding hydrogens is 460 g/mol. The largest absolute Gasteiger partial charge is 0.493 e. The Morgan fingerprint density at radius 1 is 1.26 bits per heavy atom. The van der Waals surface area contributed by atoms with E-state index in [1.165, 1.54) is 16.8 Å². The molecule has 34 heavy (non-hydrogen) atoms. The van der Waals surface area contributed by atoms with Crippen molar-refractivity contribution in [3.63, 3.8) is 0 Å². The average Bonchev–Trinajstić information content (AvgIpc) is 3.40. The fourth-order valence-corrected chi connectivity index (χ4v) is 3.20. The Morgan fingerprint density at radius 2 is 2.06 bits per heavy atom. The molecule has 1 fully saturated rings. The van der Waals surface area contributed by atoms with Gasteiger partial charge in [0.2, 0.25) is 11.8 Å². The molecule has 0 aliphatic heterocycles. The summed E-state index contributed by atoms with van der Waals surface area (Å²) in [4.78, 5) is 29.2. The van der Waals surface area contributed by atoms with E-state index in [1.807, 2.05) is 0 Å². The molecule has 1 aliphatic rings. The molecule has 0 unspecified atom stereocenters. The summed E-state index contributed by atoms with van der Waals surface area (Å²) in [5.74, 6) is -1.33. The minimum Gasteiger partial charge on any atom is -0.493 e. The number of hydrogen-bond acceptors (Lipinski definition) is 7. The maximum Gasteiger partial charge on any atom is 0.416 e. The monoisotopic (exact) mass is 476 g/mol. The first kappa shape index (κ1) is 21.6. The Balaban J connectivity index is 1.53. The standard InChI is InChI=1S/C20H16F4N8O2/c21-13-6-11(20(22,23)24)2-1-9(13)7-25-17-29-15-10(5-14-16(33)30-19(34)28-14)8-26-32(15)18(31-17)27-12-3-4-12/h1-2,5-6,8,12,33H,3-4,7H2,(H,25,27,31)(H2,28,30,34). The number of nitrogens with zero attached hydrogens (tertiary/aromatic N) is 5. The van der Waals surface area contributed by atoms with E-state index in [1.54, 1.807) is 0 Å². The minimum atomic E-state index is -4.65. The highest BCUT2D eigenvalue weighted by atomic mass is 19.4. The van der Waals surface area contributed by atoms with Crippen molar-refractivity contribution < 1.29 is 22.7 Å². The summed E-state index contributed by atoms with van der Waals surface area (Å²) in [6.07, 6.45) is 0.0312. The maximum atomic E-state index is 14.2. The summed E-state index contributed by atoms with van der Waals surface area (Å²) in [7, 11) is 0. The Kier molecular flexibility index (Phi) is 5.06. The predicted molar refractivity (Wildman–Crippen MR) is 110 cm³/mol. The van der Waals surface area contributed by atoms with Gasteiger partial charge in [-0.2, -0.15) is 32.8 Å². The number of H-pyrrole nitrogens is 2. The first-order chi connectivity index (χ1) is 16.2. The number of benzene rings is 1. The topological polar surface area (TPSA) is 136 Å². The highest BCUT2D eigenvalue weighted by Gasteiger charge is 2.31. The van der Waals surface area contributed by atoms with E-state index in [4.69, 9.17) is 0 Å². The summed E-state index contributed by atoms with van der Waals surface area (Å²) >= 11 is 0. The van der Waals surface area contributed by atoms with Crippen LogP contribution in [0.3, 0.4) is 0 Å². The molecule has 0 spiro atoms.